The van der Waals surface area contributed by atoms with Crippen LogP contribution in [0.15, 0.2) is 22.2 Å². The standard InChI is InChI=1S/C14H18N2O3S2/c1-18-6-7-19-5-2-4-15-13(17)12-10-21-14(16-12)11-3-8-20-9-11/h3,8-10H,2,4-7H2,1H3,(H,15,17). The van der Waals surface area contributed by atoms with Crippen LogP contribution in [0.4, 0.5) is 0 Å². The summed E-state index contributed by atoms with van der Waals surface area (Å²) in [4.78, 5) is 16.3. The fraction of sp³-hybridized carbons (Fsp3) is 0.429. The molecule has 0 fully saturated rings. The Kier molecular flexibility index (Phi) is 6.81. The zero-order valence-corrected chi connectivity index (χ0v) is 13.5. The molecule has 0 saturated heterocycles. The lowest BCUT2D eigenvalue weighted by Gasteiger charge is -2.04. The lowest BCUT2D eigenvalue weighted by atomic mass is 10.3. The first-order chi connectivity index (χ1) is 10.3. The highest BCUT2D eigenvalue weighted by molar-refractivity contribution is 7.14. The molecule has 0 aromatic carbocycles. The van der Waals surface area contributed by atoms with Crippen LogP contribution in [-0.2, 0) is 9.47 Å². The van der Waals surface area contributed by atoms with E-state index in [9.17, 15) is 4.79 Å². The summed E-state index contributed by atoms with van der Waals surface area (Å²) in [6, 6.07) is 2.00. The second-order valence-electron chi connectivity index (χ2n) is 4.26. The second-order valence-corrected chi connectivity index (χ2v) is 5.90. The molecule has 0 aliphatic carbocycles. The third-order valence-corrected chi connectivity index (χ3v) is 4.26. The molecule has 114 valence electrons. The molecule has 0 saturated carbocycles. The Morgan fingerprint density at radius 2 is 2.24 bits per heavy atom. The van der Waals surface area contributed by atoms with Gasteiger partial charge < -0.3 is 14.8 Å². The summed E-state index contributed by atoms with van der Waals surface area (Å²) in [7, 11) is 1.64. The summed E-state index contributed by atoms with van der Waals surface area (Å²) >= 11 is 3.10. The molecule has 2 heterocycles. The molecule has 1 amide bonds. The average molecular weight is 326 g/mol. The van der Waals surface area contributed by atoms with E-state index in [0.717, 1.165) is 17.0 Å². The molecule has 2 aromatic rings. The maximum atomic E-state index is 11.9. The van der Waals surface area contributed by atoms with Gasteiger partial charge in [-0.25, -0.2) is 4.98 Å². The molecule has 0 bridgehead atoms. The highest BCUT2D eigenvalue weighted by Gasteiger charge is 2.11. The van der Waals surface area contributed by atoms with Gasteiger partial charge in [-0.1, -0.05) is 0 Å². The summed E-state index contributed by atoms with van der Waals surface area (Å²) in [6.07, 6.45) is 0.775. The Morgan fingerprint density at radius 3 is 3.00 bits per heavy atom. The number of methoxy groups -OCH3 is 1. The van der Waals surface area contributed by atoms with Gasteiger partial charge in [0.2, 0.25) is 0 Å². The molecule has 0 aliphatic rings. The van der Waals surface area contributed by atoms with Gasteiger partial charge in [0, 0.05) is 36.6 Å². The van der Waals surface area contributed by atoms with Crippen molar-refractivity contribution < 1.29 is 14.3 Å². The van der Waals surface area contributed by atoms with Crippen LogP contribution < -0.4 is 5.32 Å². The highest BCUT2D eigenvalue weighted by Crippen LogP contribution is 2.25. The van der Waals surface area contributed by atoms with E-state index >= 15 is 0 Å². The van der Waals surface area contributed by atoms with Gasteiger partial charge in [-0.15, -0.1) is 11.3 Å². The first-order valence-electron chi connectivity index (χ1n) is 6.64. The Hall–Kier alpha value is -1.28. The molecule has 0 unspecified atom stereocenters. The van der Waals surface area contributed by atoms with Crippen molar-refractivity contribution >= 4 is 28.6 Å². The van der Waals surface area contributed by atoms with Crippen molar-refractivity contribution in [2.75, 3.05) is 33.5 Å². The molecule has 0 atom stereocenters. The minimum atomic E-state index is -0.135. The number of hydrogen-bond donors (Lipinski definition) is 1. The molecule has 1 N–H and O–H groups in total. The number of thiazole rings is 1. The van der Waals surface area contributed by atoms with E-state index in [-0.39, 0.29) is 5.91 Å². The van der Waals surface area contributed by atoms with Crippen molar-refractivity contribution in [2.45, 2.75) is 6.42 Å². The molecule has 0 radical (unpaired) electrons. The van der Waals surface area contributed by atoms with Crippen molar-refractivity contribution in [3.63, 3.8) is 0 Å². The van der Waals surface area contributed by atoms with Crippen LogP contribution in [0.25, 0.3) is 10.6 Å². The summed E-state index contributed by atoms with van der Waals surface area (Å²) in [5.74, 6) is -0.135. The summed E-state index contributed by atoms with van der Waals surface area (Å²) in [5.41, 5.74) is 1.54. The Balaban J connectivity index is 1.69. The Labute approximate surface area is 131 Å². The zero-order valence-electron chi connectivity index (χ0n) is 11.8. The van der Waals surface area contributed by atoms with Crippen molar-refractivity contribution in [3.8, 4) is 10.6 Å². The first-order valence-corrected chi connectivity index (χ1v) is 8.46. The van der Waals surface area contributed by atoms with E-state index < -0.39 is 0 Å². The van der Waals surface area contributed by atoms with E-state index in [2.05, 4.69) is 10.3 Å². The topological polar surface area (TPSA) is 60.5 Å². The quantitative estimate of drug-likeness (QED) is 0.720. The lowest BCUT2D eigenvalue weighted by Crippen LogP contribution is -2.25. The number of amides is 1. The zero-order chi connectivity index (χ0) is 14.9. The Bertz CT molecular complexity index is 540. The van der Waals surface area contributed by atoms with Gasteiger partial charge in [-0.05, 0) is 17.9 Å². The summed E-state index contributed by atoms with van der Waals surface area (Å²) in [5, 5.41) is 9.54. The molecule has 0 aliphatic heterocycles. The number of thiophene rings is 1. The predicted molar refractivity (Wildman–Crippen MR) is 85.1 cm³/mol. The van der Waals surface area contributed by atoms with Crippen LogP contribution in [0.2, 0.25) is 0 Å². The van der Waals surface area contributed by atoms with E-state index in [1.807, 2.05) is 16.8 Å². The number of carbonyl (C=O) groups is 1. The van der Waals surface area contributed by atoms with Crippen LogP contribution >= 0.6 is 22.7 Å². The van der Waals surface area contributed by atoms with Crippen LogP contribution in [-0.4, -0.2) is 44.4 Å². The van der Waals surface area contributed by atoms with Crippen molar-refractivity contribution in [1.82, 2.24) is 10.3 Å². The molecular weight excluding hydrogens is 308 g/mol. The maximum absolute atomic E-state index is 11.9. The molecule has 7 heteroatoms. The predicted octanol–water partition coefficient (Wildman–Crippen LogP) is 2.65. The van der Waals surface area contributed by atoms with Gasteiger partial charge >= 0.3 is 0 Å². The minimum Gasteiger partial charge on any atom is -0.382 e. The molecule has 21 heavy (non-hydrogen) atoms. The van der Waals surface area contributed by atoms with Crippen molar-refractivity contribution in [2.24, 2.45) is 0 Å². The number of hydrogen-bond acceptors (Lipinski definition) is 6. The van der Waals surface area contributed by atoms with E-state index in [4.69, 9.17) is 9.47 Å². The first kappa shape index (κ1) is 16.1. The van der Waals surface area contributed by atoms with Crippen LogP contribution in [0, 0.1) is 0 Å². The molecule has 2 rings (SSSR count). The highest BCUT2D eigenvalue weighted by atomic mass is 32.1. The molecular formula is C14H18N2O3S2. The smallest absolute Gasteiger partial charge is 0.270 e. The lowest BCUT2D eigenvalue weighted by molar-refractivity contribution is 0.0688. The number of nitrogens with zero attached hydrogens (tertiary/aromatic N) is 1. The normalized spacial score (nSPS) is 10.7. The number of carbonyl (C=O) groups excluding carboxylic acids is 1. The van der Waals surface area contributed by atoms with Crippen LogP contribution in [0.3, 0.4) is 0 Å². The number of aromatic nitrogens is 1. The van der Waals surface area contributed by atoms with E-state index in [0.29, 0.717) is 32.1 Å². The van der Waals surface area contributed by atoms with Crippen molar-refractivity contribution in [1.29, 1.82) is 0 Å². The fourth-order valence-electron chi connectivity index (χ4n) is 1.61. The van der Waals surface area contributed by atoms with Gasteiger partial charge in [0.1, 0.15) is 10.7 Å². The summed E-state index contributed by atoms with van der Waals surface area (Å²) in [6.45, 7) is 2.37. The maximum Gasteiger partial charge on any atom is 0.270 e. The van der Waals surface area contributed by atoms with E-state index in [1.54, 1.807) is 23.8 Å². The molecule has 0 spiro atoms. The minimum absolute atomic E-state index is 0.135. The monoisotopic (exact) mass is 326 g/mol. The average Bonchev–Trinajstić information content (AvgIpc) is 3.16. The largest absolute Gasteiger partial charge is 0.382 e. The molecule has 5 nitrogen and oxygen atoms in total. The third kappa shape index (κ3) is 5.20. The Morgan fingerprint density at radius 1 is 1.33 bits per heavy atom. The number of ether oxygens (including phenoxy) is 2. The number of rotatable bonds is 9. The van der Waals surface area contributed by atoms with Crippen LogP contribution in [0.1, 0.15) is 16.9 Å². The fourth-order valence-corrected chi connectivity index (χ4v) is 3.12. The second kappa shape index (κ2) is 8.89. The van der Waals surface area contributed by atoms with Crippen molar-refractivity contribution in [3.05, 3.63) is 27.9 Å². The molecule has 2 aromatic heterocycles. The van der Waals surface area contributed by atoms with Gasteiger partial charge in [-0.2, -0.15) is 11.3 Å². The van der Waals surface area contributed by atoms with Gasteiger partial charge in [-0.3, -0.25) is 4.79 Å². The van der Waals surface area contributed by atoms with Gasteiger partial charge in [0.15, 0.2) is 0 Å². The van der Waals surface area contributed by atoms with E-state index in [1.165, 1.54) is 11.3 Å². The van der Waals surface area contributed by atoms with Crippen LogP contribution in [0.5, 0.6) is 0 Å². The van der Waals surface area contributed by atoms with Gasteiger partial charge in [0.05, 0.1) is 13.2 Å². The third-order valence-electron chi connectivity index (χ3n) is 2.69. The SMILES string of the molecule is COCCOCCCNC(=O)c1csc(-c2ccsc2)n1. The summed E-state index contributed by atoms with van der Waals surface area (Å²) < 4.78 is 10.2. The van der Waals surface area contributed by atoms with Gasteiger partial charge in [0.25, 0.3) is 5.91 Å². The number of nitrogens with one attached hydrogen (secondary N) is 1.